The third-order valence-electron chi connectivity index (χ3n) is 3.78. The van der Waals surface area contributed by atoms with Gasteiger partial charge in [-0.1, -0.05) is 48.5 Å². The summed E-state index contributed by atoms with van der Waals surface area (Å²) in [5.41, 5.74) is 2.88. The Bertz CT molecular complexity index is 707. The maximum Gasteiger partial charge on any atom is 0.344 e. The molecule has 5 nitrogen and oxygen atoms in total. The zero-order valence-electron chi connectivity index (χ0n) is 14.7. The van der Waals surface area contributed by atoms with Crippen molar-refractivity contribution in [2.24, 2.45) is 0 Å². The van der Waals surface area contributed by atoms with Crippen molar-refractivity contribution in [2.45, 2.75) is 26.8 Å². The van der Waals surface area contributed by atoms with Crippen molar-refractivity contribution in [2.75, 3.05) is 13.2 Å². The first-order valence-corrected chi connectivity index (χ1v) is 8.16. The molecule has 0 radical (unpaired) electrons. The smallest absolute Gasteiger partial charge is 0.344 e. The van der Waals surface area contributed by atoms with E-state index in [2.05, 4.69) is 5.32 Å². The van der Waals surface area contributed by atoms with Crippen LogP contribution in [-0.4, -0.2) is 25.1 Å². The average Bonchev–Trinajstić information content (AvgIpc) is 2.60. The maximum atomic E-state index is 11.9. The largest absolute Gasteiger partial charge is 0.481 e. The molecule has 1 N–H and O–H groups in total. The predicted molar refractivity (Wildman–Crippen MR) is 95.4 cm³/mol. The van der Waals surface area contributed by atoms with Crippen LogP contribution >= 0.6 is 0 Å². The highest BCUT2D eigenvalue weighted by Gasteiger charge is 2.13. The third kappa shape index (κ3) is 5.64. The molecular formula is C20H23NO4. The molecule has 0 aliphatic rings. The number of para-hydroxylation sites is 1. The quantitative estimate of drug-likeness (QED) is 0.786. The SMILES string of the molecule is Cc1cccc(C)c1OCC(=O)OCC(=O)N[C@@H](C)c1ccccc1. The zero-order valence-corrected chi connectivity index (χ0v) is 14.7. The van der Waals surface area contributed by atoms with Crippen LogP contribution in [0.2, 0.25) is 0 Å². The molecule has 2 aromatic carbocycles. The molecule has 0 aliphatic heterocycles. The topological polar surface area (TPSA) is 64.6 Å². The van der Waals surface area contributed by atoms with Gasteiger partial charge in [0.25, 0.3) is 5.91 Å². The number of nitrogens with one attached hydrogen (secondary N) is 1. The highest BCUT2D eigenvalue weighted by atomic mass is 16.6. The van der Waals surface area contributed by atoms with Gasteiger partial charge in [0.15, 0.2) is 13.2 Å². The Hall–Kier alpha value is -2.82. The van der Waals surface area contributed by atoms with Crippen LogP contribution in [0.5, 0.6) is 5.75 Å². The molecule has 132 valence electrons. The Morgan fingerprint density at radius 2 is 1.60 bits per heavy atom. The van der Waals surface area contributed by atoms with Crippen LogP contribution in [0.15, 0.2) is 48.5 Å². The first-order valence-electron chi connectivity index (χ1n) is 8.16. The standard InChI is InChI=1S/C20H23NO4/c1-14-8-7-9-15(2)20(14)25-13-19(23)24-12-18(22)21-16(3)17-10-5-4-6-11-17/h4-11,16H,12-13H2,1-3H3,(H,21,22)/t16-/m0/s1. The van der Waals surface area contributed by atoms with Crippen LogP contribution in [0.3, 0.4) is 0 Å². The lowest BCUT2D eigenvalue weighted by Gasteiger charge is -2.14. The van der Waals surface area contributed by atoms with Crippen molar-refractivity contribution in [3.63, 3.8) is 0 Å². The summed E-state index contributed by atoms with van der Waals surface area (Å²) in [6, 6.07) is 15.2. The highest BCUT2D eigenvalue weighted by Crippen LogP contribution is 2.22. The molecule has 0 spiro atoms. The van der Waals surface area contributed by atoms with Crippen molar-refractivity contribution in [1.82, 2.24) is 5.32 Å². The molecule has 5 heteroatoms. The lowest BCUT2D eigenvalue weighted by Crippen LogP contribution is -2.32. The normalized spacial score (nSPS) is 11.5. The van der Waals surface area contributed by atoms with Crippen LogP contribution in [0.1, 0.15) is 29.7 Å². The van der Waals surface area contributed by atoms with Gasteiger partial charge in [0, 0.05) is 0 Å². The van der Waals surface area contributed by atoms with E-state index in [1.807, 2.05) is 69.3 Å². The van der Waals surface area contributed by atoms with Crippen molar-refractivity contribution >= 4 is 11.9 Å². The number of aryl methyl sites for hydroxylation is 2. The van der Waals surface area contributed by atoms with Crippen LogP contribution in [-0.2, 0) is 14.3 Å². The van der Waals surface area contributed by atoms with Gasteiger partial charge in [0.05, 0.1) is 6.04 Å². The molecule has 2 rings (SSSR count). The highest BCUT2D eigenvalue weighted by molar-refractivity contribution is 5.81. The lowest BCUT2D eigenvalue weighted by atomic mass is 10.1. The molecule has 0 aliphatic carbocycles. The van der Waals surface area contributed by atoms with E-state index in [9.17, 15) is 9.59 Å². The molecule has 25 heavy (non-hydrogen) atoms. The minimum atomic E-state index is -0.579. The minimum absolute atomic E-state index is 0.154. The summed E-state index contributed by atoms with van der Waals surface area (Å²) in [7, 11) is 0. The maximum absolute atomic E-state index is 11.9. The number of carbonyl (C=O) groups is 2. The molecule has 2 aromatic rings. The van der Waals surface area contributed by atoms with Crippen molar-refractivity contribution in [1.29, 1.82) is 0 Å². The fourth-order valence-corrected chi connectivity index (χ4v) is 2.45. The van der Waals surface area contributed by atoms with E-state index in [1.165, 1.54) is 0 Å². The number of carbonyl (C=O) groups excluding carboxylic acids is 2. The summed E-state index contributed by atoms with van der Waals surface area (Å²) >= 11 is 0. The van der Waals surface area contributed by atoms with Crippen LogP contribution in [0.25, 0.3) is 0 Å². The predicted octanol–water partition coefficient (Wildman–Crippen LogP) is 3.10. The molecule has 0 bridgehead atoms. The first kappa shape index (κ1) is 18.5. The average molecular weight is 341 g/mol. The van der Waals surface area contributed by atoms with Gasteiger partial charge in [-0.25, -0.2) is 4.79 Å². The monoisotopic (exact) mass is 341 g/mol. The number of hydrogen-bond acceptors (Lipinski definition) is 4. The molecule has 0 saturated heterocycles. The van der Waals surface area contributed by atoms with Crippen molar-refractivity contribution in [3.05, 3.63) is 65.2 Å². The van der Waals surface area contributed by atoms with Crippen LogP contribution in [0.4, 0.5) is 0 Å². The number of amides is 1. The van der Waals surface area contributed by atoms with Crippen LogP contribution in [0, 0.1) is 13.8 Å². The van der Waals surface area contributed by atoms with Gasteiger partial charge in [-0.15, -0.1) is 0 Å². The zero-order chi connectivity index (χ0) is 18.2. The third-order valence-corrected chi connectivity index (χ3v) is 3.78. The number of rotatable bonds is 7. The second-order valence-corrected chi connectivity index (χ2v) is 5.87. The Labute approximate surface area is 148 Å². The molecule has 1 atom stereocenters. The van der Waals surface area contributed by atoms with Gasteiger partial charge in [0.1, 0.15) is 5.75 Å². The molecule has 0 saturated carbocycles. The van der Waals surface area contributed by atoms with Crippen molar-refractivity contribution in [3.8, 4) is 5.75 Å². The molecule has 0 heterocycles. The van der Waals surface area contributed by atoms with Gasteiger partial charge in [0.2, 0.25) is 0 Å². The summed E-state index contributed by atoms with van der Waals surface area (Å²) in [4.78, 5) is 23.7. The van der Waals surface area contributed by atoms with E-state index >= 15 is 0 Å². The molecule has 0 aromatic heterocycles. The Balaban J connectivity index is 1.75. The van der Waals surface area contributed by atoms with Gasteiger partial charge in [-0.2, -0.15) is 0 Å². The molecular weight excluding hydrogens is 318 g/mol. The molecule has 1 amide bonds. The van der Waals surface area contributed by atoms with E-state index in [4.69, 9.17) is 9.47 Å². The summed E-state index contributed by atoms with van der Waals surface area (Å²) in [6.07, 6.45) is 0. The van der Waals surface area contributed by atoms with Gasteiger partial charge in [-0.05, 0) is 37.5 Å². The molecule has 0 fully saturated rings. The van der Waals surface area contributed by atoms with Gasteiger partial charge < -0.3 is 14.8 Å². The van der Waals surface area contributed by atoms with E-state index in [0.29, 0.717) is 5.75 Å². The number of esters is 1. The Morgan fingerprint density at radius 1 is 0.960 bits per heavy atom. The van der Waals surface area contributed by atoms with Crippen molar-refractivity contribution < 1.29 is 19.1 Å². The van der Waals surface area contributed by atoms with Gasteiger partial charge in [-0.3, -0.25) is 4.79 Å². The van der Waals surface area contributed by atoms with Crippen LogP contribution < -0.4 is 10.1 Å². The first-order chi connectivity index (χ1) is 12.0. The fourth-order valence-electron chi connectivity index (χ4n) is 2.45. The van der Waals surface area contributed by atoms with E-state index in [-0.39, 0.29) is 25.2 Å². The Kier molecular flexibility index (Phi) is 6.57. The van der Waals surface area contributed by atoms with E-state index < -0.39 is 5.97 Å². The summed E-state index contributed by atoms with van der Waals surface area (Å²) in [6.45, 7) is 5.14. The summed E-state index contributed by atoms with van der Waals surface area (Å²) < 4.78 is 10.5. The number of benzene rings is 2. The number of hydrogen-bond donors (Lipinski definition) is 1. The van der Waals surface area contributed by atoms with Gasteiger partial charge >= 0.3 is 5.97 Å². The van der Waals surface area contributed by atoms with E-state index in [1.54, 1.807) is 0 Å². The lowest BCUT2D eigenvalue weighted by molar-refractivity contribution is -0.150. The Morgan fingerprint density at radius 3 is 2.24 bits per heavy atom. The summed E-state index contributed by atoms with van der Waals surface area (Å²) in [5.74, 6) is -0.261. The van der Waals surface area contributed by atoms with E-state index in [0.717, 1.165) is 16.7 Å². The number of ether oxygens (including phenoxy) is 2. The molecule has 0 unspecified atom stereocenters. The second kappa shape index (κ2) is 8.87. The second-order valence-electron chi connectivity index (χ2n) is 5.87. The summed E-state index contributed by atoms with van der Waals surface area (Å²) in [5, 5.41) is 2.79. The fraction of sp³-hybridized carbons (Fsp3) is 0.300. The minimum Gasteiger partial charge on any atom is -0.481 e.